The van der Waals surface area contributed by atoms with Crippen LogP contribution in [-0.4, -0.2) is 24.1 Å². The van der Waals surface area contributed by atoms with Crippen LogP contribution in [0.1, 0.15) is 12.5 Å². The van der Waals surface area contributed by atoms with Gasteiger partial charge >= 0.3 is 0 Å². The SMILES string of the molecule is CC(=O)Nc1ccc(S(=O)(=O)Nc2ccn(Cc3ccc(Cl)cc3)n2)cc1. The average molecular weight is 405 g/mol. The molecule has 3 aromatic rings. The molecule has 1 amide bonds. The number of carbonyl (C=O) groups excluding carboxylic acids is 1. The monoisotopic (exact) mass is 404 g/mol. The molecule has 140 valence electrons. The van der Waals surface area contributed by atoms with E-state index in [1.54, 1.807) is 29.1 Å². The highest BCUT2D eigenvalue weighted by molar-refractivity contribution is 7.92. The summed E-state index contributed by atoms with van der Waals surface area (Å²) in [5.41, 5.74) is 1.51. The highest BCUT2D eigenvalue weighted by Crippen LogP contribution is 2.18. The number of benzene rings is 2. The zero-order valence-electron chi connectivity index (χ0n) is 14.4. The van der Waals surface area contributed by atoms with Gasteiger partial charge in [0, 0.05) is 29.9 Å². The third-order valence-electron chi connectivity index (χ3n) is 3.62. The van der Waals surface area contributed by atoms with E-state index in [-0.39, 0.29) is 16.6 Å². The van der Waals surface area contributed by atoms with E-state index >= 15 is 0 Å². The largest absolute Gasteiger partial charge is 0.326 e. The highest BCUT2D eigenvalue weighted by Gasteiger charge is 2.15. The summed E-state index contributed by atoms with van der Waals surface area (Å²) >= 11 is 5.86. The van der Waals surface area contributed by atoms with Gasteiger partial charge in [0.05, 0.1) is 11.4 Å². The van der Waals surface area contributed by atoms with E-state index < -0.39 is 10.0 Å². The molecule has 0 radical (unpaired) electrons. The Hall–Kier alpha value is -2.84. The molecule has 0 unspecified atom stereocenters. The van der Waals surface area contributed by atoms with Crippen molar-refractivity contribution >= 4 is 39.0 Å². The first kappa shape index (κ1) is 18.9. The van der Waals surface area contributed by atoms with Crippen LogP contribution < -0.4 is 10.0 Å². The molecule has 0 atom stereocenters. The molecule has 2 N–H and O–H groups in total. The van der Waals surface area contributed by atoms with Gasteiger partial charge in [0.1, 0.15) is 0 Å². The van der Waals surface area contributed by atoms with Crippen LogP contribution in [0.4, 0.5) is 11.5 Å². The molecular weight excluding hydrogens is 388 g/mol. The molecule has 3 rings (SSSR count). The maximum absolute atomic E-state index is 12.5. The molecule has 0 aliphatic rings. The van der Waals surface area contributed by atoms with Crippen LogP contribution in [0.15, 0.2) is 65.7 Å². The Morgan fingerprint density at radius 3 is 2.37 bits per heavy atom. The van der Waals surface area contributed by atoms with Gasteiger partial charge in [-0.25, -0.2) is 8.42 Å². The van der Waals surface area contributed by atoms with Crippen LogP contribution in [0.25, 0.3) is 0 Å². The Balaban J connectivity index is 1.69. The van der Waals surface area contributed by atoms with Gasteiger partial charge in [-0.2, -0.15) is 5.10 Å². The summed E-state index contributed by atoms with van der Waals surface area (Å²) in [5.74, 6) is -0.00939. The number of hydrogen-bond acceptors (Lipinski definition) is 4. The molecule has 1 heterocycles. The molecule has 0 fully saturated rings. The van der Waals surface area contributed by atoms with Crippen molar-refractivity contribution in [1.82, 2.24) is 9.78 Å². The predicted octanol–water partition coefficient (Wildman–Crippen LogP) is 3.34. The Kier molecular flexibility index (Phi) is 5.48. The van der Waals surface area contributed by atoms with Crippen molar-refractivity contribution in [1.29, 1.82) is 0 Å². The lowest BCUT2D eigenvalue weighted by molar-refractivity contribution is -0.114. The van der Waals surface area contributed by atoms with E-state index in [0.717, 1.165) is 5.56 Å². The molecule has 7 nitrogen and oxygen atoms in total. The maximum atomic E-state index is 12.5. The van der Waals surface area contributed by atoms with Crippen molar-refractivity contribution in [2.45, 2.75) is 18.4 Å². The number of carbonyl (C=O) groups is 1. The topological polar surface area (TPSA) is 93.1 Å². The molecule has 0 spiro atoms. The zero-order chi connectivity index (χ0) is 19.4. The van der Waals surface area contributed by atoms with Crippen molar-refractivity contribution in [3.05, 3.63) is 71.4 Å². The highest BCUT2D eigenvalue weighted by atomic mass is 35.5. The second-order valence-corrected chi connectivity index (χ2v) is 7.95. The van der Waals surface area contributed by atoms with E-state index in [2.05, 4.69) is 15.1 Å². The van der Waals surface area contributed by atoms with Gasteiger partial charge in [-0.1, -0.05) is 23.7 Å². The van der Waals surface area contributed by atoms with Crippen molar-refractivity contribution in [3.8, 4) is 0 Å². The van der Waals surface area contributed by atoms with Crippen molar-refractivity contribution in [2.24, 2.45) is 0 Å². The number of sulfonamides is 1. The zero-order valence-corrected chi connectivity index (χ0v) is 16.0. The van der Waals surface area contributed by atoms with Crippen molar-refractivity contribution < 1.29 is 13.2 Å². The molecule has 1 aromatic heterocycles. The van der Waals surface area contributed by atoms with Crippen LogP contribution >= 0.6 is 11.6 Å². The number of hydrogen-bond donors (Lipinski definition) is 2. The first-order chi connectivity index (χ1) is 12.8. The molecule has 0 saturated heterocycles. The minimum atomic E-state index is -3.78. The van der Waals surface area contributed by atoms with Gasteiger partial charge in [-0.15, -0.1) is 0 Å². The quantitative estimate of drug-likeness (QED) is 0.658. The van der Waals surface area contributed by atoms with Gasteiger partial charge in [0.15, 0.2) is 5.82 Å². The number of halogens is 1. The van der Waals surface area contributed by atoms with Crippen LogP contribution in [0.2, 0.25) is 5.02 Å². The smallest absolute Gasteiger partial charge is 0.263 e. The van der Waals surface area contributed by atoms with E-state index in [1.165, 1.54) is 31.2 Å². The second kappa shape index (κ2) is 7.81. The fraction of sp³-hybridized carbons (Fsp3) is 0.111. The number of nitrogens with zero attached hydrogens (tertiary/aromatic N) is 2. The number of nitrogens with one attached hydrogen (secondary N) is 2. The third kappa shape index (κ3) is 5.08. The summed E-state index contributed by atoms with van der Waals surface area (Å²) in [6.07, 6.45) is 1.69. The van der Waals surface area contributed by atoms with Gasteiger partial charge in [-0.3, -0.25) is 14.2 Å². The lowest BCUT2D eigenvalue weighted by Gasteiger charge is -2.07. The van der Waals surface area contributed by atoms with Crippen LogP contribution in [0.3, 0.4) is 0 Å². The normalized spacial score (nSPS) is 11.2. The Labute approximate surface area is 162 Å². The summed E-state index contributed by atoms with van der Waals surface area (Å²) in [4.78, 5) is 11.1. The molecule has 0 saturated carbocycles. The first-order valence-corrected chi connectivity index (χ1v) is 9.86. The molecule has 0 aliphatic carbocycles. The predicted molar refractivity (Wildman–Crippen MR) is 104 cm³/mol. The summed E-state index contributed by atoms with van der Waals surface area (Å²) in [6.45, 7) is 1.87. The van der Waals surface area contributed by atoms with Crippen LogP contribution in [-0.2, 0) is 21.4 Å². The average Bonchev–Trinajstić information content (AvgIpc) is 3.03. The molecule has 27 heavy (non-hydrogen) atoms. The number of amides is 1. The minimum absolute atomic E-state index is 0.0730. The number of rotatable bonds is 6. The van der Waals surface area contributed by atoms with E-state index in [4.69, 9.17) is 11.6 Å². The van der Waals surface area contributed by atoms with Crippen molar-refractivity contribution in [3.63, 3.8) is 0 Å². The summed E-state index contributed by atoms with van der Waals surface area (Å²) in [7, 11) is -3.78. The van der Waals surface area contributed by atoms with Crippen LogP contribution in [0, 0.1) is 0 Å². The number of anilines is 2. The Bertz CT molecular complexity index is 1040. The standard InChI is InChI=1S/C18H17ClN4O3S/c1-13(24)20-16-6-8-17(9-7-16)27(25,26)22-18-10-11-23(21-18)12-14-2-4-15(19)5-3-14/h2-11H,12H2,1H3,(H,20,24)(H,21,22). The summed E-state index contributed by atoms with van der Waals surface area (Å²) in [5, 5.41) is 7.47. The van der Waals surface area contributed by atoms with Gasteiger partial charge in [0.2, 0.25) is 5.91 Å². The minimum Gasteiger partial charge on any atom is -0.326 e. The van der Waals surface area contributed by atoms with E-state index in [1.807, 2.05) is 12.1 Å². The summed E-state index contributed by atoms with van der Waals surface area (Å²) in [6, 6.07) is 14.8. The van der Waals surface area contributed by atoms with Gasteiger partial charge < -0.3 is 5.32 Å². The molecule has 9 heteroatoms. The molecule has 2 aromatic carbocycles. The summed E-state index contributed by atoms with van der Waals surface area (Å²) < 4.78 is 29.0. The van der Waals surface area contributed by atoms with Crippen LogP contribution in [0.5, 0.6) is 0 Å². The fourth-order valence-corrected chi connectivity index (χ4v) is 3.52. The Morgan fingerprint density at radius 2 is 1.74 bits per heavy atom. The maximum Gasteiger partial charge on any atom is 0.263 e. The molecule has 0 aliphatic heterocycles. The lowest BCUT2D eigenvalue weighted by Crippen LogP contribution is -2.14. The van der Waals surface area contributed by atoms with Gasteiger partial charge in [-0.05, 0) is 42.0 Å². The van der Waals surface area contributed by atoms with Gasteiger partial charge in [0.25, 0.3) is 10.0 Å². The lowest BCUT2D eigenvalue weighted by atomic mass is 10.2. The van der Waals surface area contributed by atoms with Crippen molar-refractivity contribution in [2.75, 3.05) is 10.0 Å². The molecule has 0 bridgehead atoms. The third-order valence-corrected chi connectivity index (χ3v) is 5.25. The fourth-order valence-electron chi connectivity index (χ4n) is 2.40. The number of aromatic nitrogens is 2. The van der Waals surface area contributed by atoms with E-state index in [0.29, 0.717) is 17.3 Å². The Morgan fingerprint density at radius 1 is 1.07 bits per heavy atom. The first-order valence-electron chi connectivity index (χ1n) is 8.00. The second-order valence-electron chi connectivity index (χ2n) is 5.84. The molecular formula is C18H17ClN4O3S. The van der Waals surface area contributed by atoms with E-state index in [9.17, 15) is 13.2 Å².